The lowest BCUT2D eigenvalue weighted by molar-refractivity contribution is 0.0941. The Bertz CT molecular complexity index is 1160. The summed E-state index contributed by atoms with van der Waals surface area (Å²) in [5.74, 6) is -0.566. The van der Waals surface area contributed by atoms with Gasteiger partial charge >= 0.3 is 0 Å². The van der Waals surface area contributed by atoms with Gasteiger partial charge in [-0.05, 0) is 41.0 Å². The van der Waals surface area contributed by atoms with Gasteiger partial charge < -0.3 is 9.88 Å². The van der Waals surface area contributed by atoms with Gasteiger partial charge in [-0.3, -0.25) is 9.78 Å². The molecule has 0 spiro atoms. The summed E-state index contributed by atoms with van der Waals surface area (Å²) in [6.45, 7) is 0.504. The molecule has 0 fully saturated rings. The van der Waals surface area contributed by atoms with E-state index in [1.807, 2.05) is 30.3 Å². The van der Waals surface area contributed by atoms with Gasteiger partial charge in [0.2, 0.25) is 0 Å². The Morgan fingerprint density at radius 3 is 2.38 bits per heavy atom. The van der Waals surface area contributed by atoms with E-state index in [-0.39, 0.29) is 36.2 Å². The van der Waals surface area contributed by atoms with E-state index >= 15 is 4.39 Å². The zero-order valence-electron chi connectivity index (χ0n) is 17.3. The standard InChI is InChI=1S/C25H22F2N4O/c26-21-8-6-20(7-9-21)17-31-23(25(32)30-15-19-10-12-28-13-11-19)16-29-24(31)22(27)14-18-4-2-1-3-5-18/h1-13,16,22H,14-15,17H2,(H,30,32). The summed E-state index contributed by atoms with van der Waals surface area (Å²) in [6.07, 6.45) is 3.42. The number of imidazole rings is 1. The van der Waals surface area contributed by atoms with E-state index in [1.54, 1.807) is 41.2 Å². The highest BCUT2D eigenvalue weighted by atomic mass is 19.1. The molecule has 2 heterocycles. The van der Waals surface area contributed by atoms with Crippen molar-refractivity contribution < 1.29 is 13.6 Å². The van der Waals surface area contributed by atoms with Crippen molar-refractivity contribution >= 4 is 5.91 Å². The SMILES string of the molecule is O=C(NCc1ccncc1)c1cnc(C(F)Cc2ccccc2)n1Cc1ccc(F)cc1. The second-order valence-corrected chi connectivity index (χ2v) is 7.41. The maximum absolute atomic E-state index is 15.3. The first-order chi connectivity index (χ1) is 15.6. The minimum absolute atomic E-state index is 0.138. The van der Waals surface area contributed by atoms with Crippen molar-refractivity contribution in [2.24, 2.45) is 0 Å². The van der Waals surface area contributed by atoms with Crippen LogP contribution in [-0.2, 0) is 19.5 Å². The normalized spacial score (nSPS) is 11.8. The van der Waals surface area contributed by atoms with Gasteiger partial charge in [0, 0.05) is 31.9 Å². The monoisotopic (exact) mass is 432 g/mol. The third-order valence-electron chi connectivity index (χ3n) is 5.11. The van der Waals surface area contributed by atoms with Gasteiger partial charge in [-0.1, -0.05) is 42.5 Å². The number of nitrogens with zero attached hydrogens (tertiary/aromatic N) is 3. The number of benzene rings is 2. The Labute approximate surface area is 184 Å². The first-order valence-corrected chi connectivity index (χ1v) is 10.2. The third kappa shape index (κ3) is 5.24. The average molecular weight is 432 g/mol. The highest BCUT2D eigenvalue weighted by molar-refractivity contribution is 5.92. The zero-order valence-corrected chi connectivity index (χ0v) is 17.3. The van der Waals surface area contributed by atoms with Crippen LogP contribution in [0.1, 0.15) is 39.2 Å². The average Bonchev–Trinajstić information content (AvgIpc) is 3.24. The van der Waals surface area contributed by atoms with Crippen LogP contribution in [0.4, 0.5) is 8.78 Å². The molecule has 2 aromatic carbocycles. The van der Waals surface area contributed by atoms with Crippen LogP contribution in [0, 0.1) is 5.82 Å². The topological polar surface area (TPSA) is 59.8 Å². The highest BCUT2D eigenvalue weighted by Gasteiger charge is 2.23. The number of hydrogen-bond acceptors (Lipinski definition) is 3. The first-order valence-electron chi connectivity index (χ1n) is 10.2. The molecule has 0 radical (unpaired) electrons. The maximum atomic E-state index is 15.3. The van der Waals surface area contributed by atoms with Crippen LogP contribution in [-0.4, -0.2) is 20.4 Å². The van der Waals surface area contributed by atoms with E-state index in [9.17, 15) is 9.18 Å². The minimum atomic E-state index is -1.40. The van der Waals surface area contributed by atoms with E-state index in [4.69, 9.17) is 0 Å². The first kappa shape index (κ1) is 21.4. The molecule has 162 valence electrons. The molecule has 0 aliphatic rings. The number of nitrogens with one attached hydrogen (secondary N) is 1. The number of carbonyl (C=O) groups excluding carboxylic acids is 1. The van der Waals surface area contributed by atoms with Crippen molar-refractivity contribution in [3.05, 3.63) is 119 Å². The number of amides is 1. The Morgan fingerprint density at radius 2 is 1.66 bits per heavy atom. The summed E-state index contributed by atoms with van der Waals surface area (Å²) < 4.78 is 30.2. The Kier molecular flexibility index (Phi) is 6.65. The van der Waals surface area contributed by atoms with Crippen LogP contribution in [0.3, 0.4) is 0 Å². The molecule has 1 atom stereocenters. The minimum Gasteiger partial charge on any atom is -0.347 e. The quantitative estimate of drug-likeness (QED) is 0.441. The lowest BCUT2D eigenvalue weighted by atomic mass is 10.1. The fraction of sp³-hybridized carbons (Fsp3) is 0.160. The molecule has 0 aliphatic carbocycles. The Hall–Kier alpha value is -3.87. The van der Waals surface area contributed by atoms with Gasteiger partial charge in [0.1, 0.15) is 17.3 Å². The zero-order chi connectivity index (χ0) is 22.3. The van der Waals surface area contributed by atoms with E-state index in [2.05, 4.69) is 15.3 Å². The van der Waals surface area contributed by atoms with Crippen LogP contribution in [0.25, 0.3) is 0 Å². The van der Waals surface area contributed by atoms with E-state index < -0.39 is 6.17 Å². The van der Waals surface area contributed by atoms with Crippen LogP contribution >= 0.6 is 0 Å². The van der Waals surface area contributed by atoms with Crippen LogP contribution < -0.4 is 5.32 Å². The molecule has 2 aromatic heterocycles. The van der Waals surface area contributed by atoms with Gasteiger partial charge in [0.25, 0.3) is 5.91 Å². The van der Waals surface area contributed by atoms with Gasteiger partial charge in [0.15, 0.2) is 6.17 Å². The largest absolute Gasteiger partial charge is 0.347 e. The third-order valence-corrected chi connectivity index (χ3v) is 5.11. The van der Waals surface area contributed by atoms with Gasteiger partial charge in [0.05, 0.1) is 6.20 Å². The summed E-state index contributed by atoms with van der Waals surface area (Å²) in [4.78, 5) is 21.1. The molecule has 0 bridgehead atoms. The molecule has 1 unspecified atom stereocenters. The molecule has 0 aliphatic heterocycles. The van der Waals surface area contributed by atoms with E-state index in [1.165, 1.54) is 18.3 Å². The van der Waals surface area contributed by atoms with Crippen molar-refractivity contribution in [1.82, 2.24) is 19.9 Å². The number of alkyl halides is 1. The van der Waals surface area contributed by atoms with Gasteiger partial charge in [-0.15, -0.1) is 0 Å². The number of hydrogen-bond donors (Lipinski definition) is 1. The van der Waals surface area contributed by atoms with Crippen molar-refractivity contribution in [2.45, 2.75) is 25.7 Å². The molecule has 0 saturated carbocycles. The number of halogens is 2. The smallest absolute Gasteiger partial charge is 0.269 e. The Balaban J connectivity index is 1.59. The number of pyridine rings is 1. The van der Waals surface area contributed by atoms with E-state index in [0.29, 0.717) is 6.54 Å². The second-order valence-electron chi connectivity index (χ2n) is 7.41. The van der Waals surface area contributed by atoms with Crippen molar-refractivity contribution in [1.29, 1.82) is 0 Å². The van der Waals surface area contributed by atoms with Crippen molar-refractivity contribution in [2.75, 3.05) is 0 Å². The van der Waals surface area contributed by atoms with E-state index in [0.717, 1.165) is 16.7 Å². The molecule has 5 nitrogen and oxygen atoms in total. The van der Waals surface area contributed by atoms with Crippen molar-refractivity contribution in [3.63, 3.8) is 0 Å². The summed E-state index contributed by atoms with van der Waals surface area (Å²) in [6, 6.07) is 18.8. The molecular weight excluding hydrogens is 410 g/mol. The number of aromatic nitrogens is 3. The van der Waals surface area contributed by atoms with Crippen LogP contribution in [0.5, 0.6) is 0 Å². The summed E-state index contributed by atoms with van der Waals surface area (Å²) in [7, 11) is 0. The number of rotatable bonds is 8. The number of carbonyl (C=O) groups is 1. The maximum Gasteiger partial charge on any atom is 0.269 e. The summed E-state index contributed by atoms with van der Waals surface area (Å²) >= 11 is 0. The fourth-order valence-electron chi connectivity index (χ4n) is 3.45. The summed E-state index contributed by atoms with van der Waals surface area (Å²) in [5.41, 5.74) is 2.71. The molecule has 7 heteroatoms. The van der Waals surface area contributed by atoms with Gasteiger partial charge in [-0.25, -0.2) is 13.8 Å². The second kappa shape index (κ2) is 9.96. The molecule has 32 heavy (non-hydrogen) atoms. The molecule has 0 saturated heterocycles. The molecule has 1 N–H and O–H groups in total. The predicted octanol–water partition coefficient (Wildman–Crippen LogP) is 4.65. The molecule has 1 amide bonds. The molecule has 4 rings (SSSR count). The highest BCUT2D eigenvalue weighted by Crippen LogP contribution is 2.24. The Morgan fingerprint density at radius 1 is 0.938 bits per heavy atom. The van der Waals surface area contributed by atoms with Crippen molar-refractivity contribution in [3.8, 4) is 0 Å². The van der Waals surface area contributed by atoms with Gasteiger partial charge in [-0.2, -0.15) is 0 Å². The van der Waals surface area contributed by atoms with Crippen LogP contribution in [0.2, 0.25) is 0 Å². The van der Waals surface area contributed by atoms with Crippen LogP contribution in [0.15, 0.2) is 85.3 Å². The predicted molar refractivity (Wildman–Crippen MR) is 117 cm³/mol. The lowest BCUT2D eigenvalue weighted by Crippen LogP contribution is -2.26. The lowest BCUT2D eigenvalue weighted by Gasteiger charge is -2.15. The molecule has 4 aromatic rings. The summed E-state index contributed by atoms with van der Waals surface area (Å²) in [5, 5.41) is 2.84. The molecular formula is C25H22F2N4O. The fourth-order valence-corrected chi connectivity index (χ4v) is 3.45.